The van der Waals surface area contributed by atoms with Gasteiger partial charge in [-0.1, -0.05) is 6.92 Å². The molecule has 0 saturated carbocycles. The third kappa shape index (κ3) is 5.51. The lowest BCUT2D eigenvalue weighted by molar-refractivity contribution is 0.412. The Hall–Kier alpha value is -3.02. The molecule has 0 aromatic heterocycles. The minimum absolute atomic E-state index is 0.161. The second kappa shape index (κ2) is 9.46. The van der Waals surface area contributed by atoms with Gasteiger partial charge < -0.3 is 19.7 Å². The van der Waals surface area contributed by atoms with Crippen LogP contribution < -0.4 is 9.47 Å². The van der Waals surface area contributed by atoms with Gasteiger partial charge in [-0.15, -0.1) is 0 Å². The van der Waals surface area contributed by atoms with E-state index >= 15 is 0 Å². The van der Waals surface area contributed by atoms with Gasteiger partial charge in [0.25, 0.3) is 0 Å². The van der Waals surface area contributed by atoms with Gasteiger partial charge in [-0.05, 0) is 42.3 Å². The summed E-state index contributed by atoms with van der Waals surface area (Å²) in [6.45, 7) is 3.17. The third-order valence-electron chi connectivity index (χ3n) is 3.76. The lowest BCUT2D eigenvalue weighted by atomic mass is 10.1. The topological polar surface area (TPSA) is 83.6 Å². The first-order valence-electron chi connectivity index (χ1n) is 8.27. The van der Waals surface area contributed by atoms with Crippen LogP contribution in [0.15, 0.2) is 46.4 Å². The molecule has 2 aromatic rings. The highest BCUT2D eigenvalue weighted by atomic mass is 16.5. The van der Waals surface area contributed by atoms with Gasteiger partial charge in [0.15, 0.2) is 0 Å². The number of phenolic OH excluding ortho intramolecular Hbond substituents is 2. The van der Waals surface area contributed by atoms with E-state index in [0.29, 0.717) is 35.7 Å². The van der Waals surface area contributed by atoms with E-state index in [1.54, 1.807) is 63.0 Å². The molecule has 2 aromatic carbocycles. The summed E-state index contributed by atoms with van der Waals surface area (Å²) in [7, 11) is 3.15. The smallest absolute Gasteiger partial charge is 0.124 e. The molecule has 0 unspecified atom stereocenters. The van der Waals surface area contributed by atoms with Gasteiger partial charge in [-0.3, -0.25) is 9.98 Å². The monoisotopic (exact) mass is 356 g/mol. The lowest BCUT2D eigenvalue weighted by Crippen LogP contribution is -2.04. The molecule has 6 heteroatoms. The number of methoxy groups -OCH3 is 2. The van der Waals surface area contributed by atoms with Crippen molar-refractivity contribution in [2.24, 2.45) is 15.9 Å². The van der Waals surface area contributed by atoms with Crippen LogP contribution in [0.2, 0.25) is 0 Å². The zero-order valence-corrected chi connectivity index (χ0v) is 15.2. The predicted molar refractivity (Wildman–Crippen MR) is 103 cm³/mol. The fourth-order valence-corrected chi connectivity index (χ4v) is 2.25. The van der Waals surface area contributed by atoms with E-state index in [4.69, 9.17) is 9.47 Å². The molecule has 6 nitrogen and oxygen atoms in total. The predicted octanol–water partition coefficient (Wildman–Crippen LogP) is 3.29. The van der Waals surface area contributed by atoms with Crippen LogP contribution >= 0.6 is 0 Å². The van der Waals surface area contributed by atoms with Crippen molar-refractivity contribution in [1.82, 2.24) is 0 Å². The molecule has 0 bridgehead atoms. The molecule has 138 valence electrons. The van der Waals surface area contributed by atoms with Crippen LogP contribution in [-0.2, 0) is 0 Å². The van der Waals surface area contributed by atoms with E-state index in [-0.39, 0.29) is 17.4 Å². The minimum Gasteiger partial charge on any atom is -0.507 e. The molecule has 0 spiro atoms. The molecule has 0 saturated heterocycles. The summed E-state index contributed by atoms with van der Waals surface area (Å²) in [5.41, 5.74) is 1.22. The number of nitrogens with zero attached hydrogens (tertiary/aromatic N) is 2. The van der Waals surface area contributed by atoms with Crippen LogP contribution in [0.1, 0.15) is 18.1 Å². The van der Waals surface area contributed by atoms with Gasteiger partial charge >= 0.3 is 0 Å². The van der Waals surface area contributed by atoms with Crippen LogP contribution in [0, 0.1) is 5.92 Å². The van der Waals surface area contributed by atoms with E-state index < -0.39 is 0 Å². The summed E-state index contributed by atoms with van der Waals surface area (Å²) in [6.07, 6.45) is 3.26. The normalized spacial score (nSPS) is 12.6. The standard InChI is InChI=1S/C20H24N2O4/c1-14(10-21-12-15-8-17(25-2)4-6-19(15)23)11-22-13-16-9-18(26-3)5-7-20(16)24/h4-9,12-14,23-24H,10-11H2,1-3H3. The van der Waals surface area contributed by atoms with Crippen molar-refractivity contribution in [3.8, 4) is 23.0 Å². The van der Waals surface area contributed by atoms with E-state index in [9.17, 15) is 10.2 Å². The summed E-state index contributed by atoms with van der Waals surface area (Å²) >= 11 is 0. The lowest BCUT2D eigenvalue weighted by Gasteiger charge is -2.06. The SMILES string of the molecule is COc1ccc(O)c(C=NCC(C)CN=Cc2cc(OC)ccc2O)c1. The second-order valence-electron chi connectivity index (χ2n) is 5.94. The molecular weight excluding hydrogens is 332 g/mol. The van der Waals surface area contributed by atoms with Gasteiger partial charge in [0.2, 0.25) is 0 Å². The molecule has 0 aliphatic heterocycles. The molecule has 0 aliphatic carbocycles. The van der Waals surface area contributed by atoms with E-state index in [1.165, 1.54) is 0 Å². The second-order valence-corrected chi connectivity index (χ2v) is 5.94. The quantitative estimate of drug-likeness (QED) is 0.711. The molecule has 0 amide bonds. The molecule has 0 atom stereocenters. The Morgan fingerprint density at radius 3 is 1.65 bits per heavy atom. The van der Waals surface area contributed by atoms with Gasteiger partial charge in [0.05, 0.1) is 14.2 Å². The number of phenols is 2. The van der Waals surface area contributed by atoms with Crippen LogP contribution in [-0.4, -0.2) is 50.0 Å². The first kappa shape index (κ1) is 19.3. The highest BCUT2D eigenvalue weighted by Gasteiger charge is 2.03. The fraction of sp³-hybridized carbons (Fsp3) is 0.300. The summed E-state index contributed by atoms with van der Waals surface area (Å²) in [5.74, 6) is 1.87. The number of aromatic hydroxyl groups is 2. The Bertz CT molecular complexity index is 722. The maximum atomic E-state index is 9.83. The average molecular weight is 356 g/mol. The van der Waals surface area contributed by atoms with Crippen molar-refractivity contribution in [3.05, 3.63) is 47.5 Å². The fourth-order valence-electron chi connectivity index (χ4n) is 2.25. The summed E-state index contributed by atoms with van der Waals surface area (Å²) < 4.78 is 10.3. The highest BCUT2D eigenvalue weighted by molar-refractivity contribution is 5.84. The maximum absolute atomic E-state index is 9.83. The first-order valence-corrected chi connectivity index (χ1v) is 8.27. The molecule has 0 aliphatic rings. The zero-order valence-electron chi connectivity index (χ0n) is 15.2. The Balaban J connectivity index is 1.90. The number of rotatable bonds is 8. The van der Waals surface area contributed by atoms with Crippen molar-refractivity contribution < 1.29 is 19.7 Å². The Kier molecular flexibility index (Phi) is 7.02. The maximum Gasteiger partial charge on any atom is 0.124 e. The molecule has 26 heavy (non-hydrogen) atoms. The number of ether oxygens (including phenoxy) is 2. The van der Waals surface area contributed by atoms with Crippen LogP contribution in [0.3, 0.4) is 0 Å². The van der Waals surface area contributed by atoms with Crippen molar-refractivity contribution in [1.29, 1.82) is 0 Å². The first-order chi connectivity index (χ1) is 12.5. The van der Waals surface area contributed by atoms with Gasteiger partial charge in [-0.2, -0.15) is 0 Å². The number of benzene rings is 2. The van der Waals surface area contributed by atoms with Gasteiger partial charge in [0.1, 0.15) is 23.0 Å². The third-order valence-corrected chi connectivity index (χ3v) is 3.76. The largest absolute Gasteiger partial charge is 0.507 e. The summed E-state index contributed by atoms with van der Waals surface area (Å²) in [6, 6.07) is 10.00. The molecule has 2 N–H and O–H groups in total. The Morgan fingerprint density at radius 1 is 0.846 bits per heavy atom. The van der Waals surface area contributed by atoms with Crippen LogP contribution in [0.4, 0.5) is 0 Å². The number of hydrogen-bond donors (Lipinski definition) is 2. The molecular formula is C20H24N2O4. The average Bonchev–Trinajstić information content (AvgIpc) is 2.64. The molecule has 2 rings (SSSR count). The van der Waals surface area contributed by atoms with Gasteiger partial charge in [-0.25, -0.2) is 0 Å². The summed E-state index contributed by atoms with van der Waals surface area (Å²) in [4.78, 5) is 8.73. The van der Waals surface area contributed by atoms with Crippen molar-refractivity contribution >= 4 is 12.4 Å². The van der Waals surface area contributed by atoms with Crippen molar-refractivity contribution in [2.75, 3.05) is 27.3 Å². The van der Waals surface area contributed by atoms with Crippen molar-refractivity contribution in [3.63, 3.8) is 0 Å². The van der Waals surface area contributed by atoms with Crippen molar-refractivity contribution in [2.45, 2.75) is 6.92 Å². The van der Waals surface area contributed by atoms with Crippen LogP contribution in [0.25, 0.3) is 0 Å². The van der Waals surface area contributed by atoms with E-state index in [0.717, 1.165) is 0 Å². The van der Waals surface area contributed by atoms with Gasteiger partial charge in [0, 0.05) is 36.6 Å². The number of aliphatic imine (C=N–C) groups is 2. The Labute approximate surface area is 153 Å². The zero-order chi connectivity index (χ0) is 18.9. The molecule has 0 radical (unpaired) electrons. The Morgan fingerprint density at radius 2 is 1.27 bits per heavy atom. The summed E-state index contributed by atoms with van der Waals surface area (Å²) in [5, 5.41) is 19.7. The minimum atomic E-state index is 0.161. The van der Waals surface area contributed by atoms with Crippen LogP contribution in [0.5, 0.6) is 23.0 Å². The highest BCUT2D eigenvalue weighted by Crippen LogP contribution is 2.22. The van der Waals surface area contributed by atoms with E-state index in [1.807, 2.05) is 6.92 Å². The number of hydrogen-bond acceptors (Lipinski definition) is 6. The molecule has 0 fully saturated rings. The molecule has 0 heterocycles. The van der Waals surface area contributed by atoms with E-state index in [2.05, 4.69) is 9.98 Å².